The van der Waals surface area contributed by atoms with Crippen molar-refractivity contribution >= 4 is 11.5 Å². The summed E-state index contributed by atoms with van der Waals surface area (Å²) in [6.07, 6.45) is 3.91. The number of nitrogens with zero attached hydrogens (tertiary/aromatic N) is 2. The van der Waals surface area contributed by atoms with E-state index in [0.29, 0.717) is 0 Å². The molecule has 1 fully saturated rings. The molecule has 1 amide bonds. The van der Waals surface area contributed by atoms with Gasteiger partial charge >= 0.3 is 0 Å². The lowest BCUT2D eigenvalue weighted by atomic mass is 9.91. The van der Waals surface area contributed by atoms with Gasteiger partial charge in [0.2, 0.25) is 0 Å². The minimum atomic E-state index is 0.0930. The van der Waals surface area contributed by atoms with E-state index >= 15 is 0 Å². The third-order valence-electron chi connectivity index (χ3n) is 4.95. The minimum absolute atomic E-state index is 0.0930. The summed E-state index contributed by atoms with van der Waals surface area (Å²) >= 11 is 0. The summed E-state index contributed by atoms with van der Waals surface area (Å²) in [7, 11) is 0. The molecule has 2 heterocycles. The van der Waals surface area contributed by atoms with Crippen LogP contribution in [0.2, 0.25) is 0 Å². The number of hydrogen-bond acceptors (Lipinski definition) is 3. The van der Waals surface area contributed by atoms with Gasteiger partial charge in [-0.1, -0.05) is 23.8 Å². The first kappa shape index (κ1) is 18.3. The van der Waals surface area contributed by atoms with Crippen LogP contribution in [0.5, 0.6) is 0 Å². The first-order valence-electron chi connectivity index (χ1n) is 9.48. The average molecular weight is 349 g/mol. The quantitative estimate of drug-likeness (QED) is 0.894. The number of hydrogen-bond donors (Lipinski definition) is 1. The molecule has 1 aromatic carbocycles. The van der Waals surface area contributed by atoms with Crippen molar-refractivity contribution < 1.29 is 4.79 Å². The normalized spacial score (nSPS) is 14.2. The van der Waals surface area contributed by atoms with Crippen molar-refractivity contribution in [3.05, 3.63) is 71.1 Å². The van der Waals surface area contributed by atoms with Crippen molar-refractivity contribution in [2.24, 2.45) is 0 Å². The number of amides is 1. The van der Waals surface area contributed by atoms with Gasteiger partial charge in [0.15, 0.2) is 0 Å². The highest BCUT2D eigenvalue weighted by atomic mass is 16.2. The zero-order valence-corrected chi connectivity index (χ0v) is 15.7. The second kappa shape index (κ2) is 8.77. The molecule has 0 atom stereocenters. The molecule has 0 spiro atoms. The summed E-state index contributed by atoms with van der Waals surface area (Å²) in [5, 5.41) is 3.42. The van der Waals surface area contributed by atoms with Crippen molar-refractivity contribution in [1.29, 1.82) is 0 Å². The first-order valence-corrected chi connectivity index (χ1v) is 9.48. The van der Waals surface area contributed by atoms with E-state index in [0.717, 1.165) is 55.8 Å². The van der Waals surface area contributed by atoms with Crippen molar-refractivity contribution in [1.82, 2.24) is 15.2 Å². The molecule has 0 aliphatic carbocycles. The maximum Gasteiger partial charge on any atom is 0.253 e. The van der Waals surface area contributed by atoms with Crippen LogP contribution >= 0.6 is 0 Å². The second-order valence-corrected chi connectivity index (χ2v) is 6.50. The van der Waals surface area contributed by atoms with Gasteiger partial charge in [-0.15, -0.1) is 0 Å². The molecular weight excluding hydrogens is 322 g/mol. The number of nitrogens with one attached hydrogen (secondary N) is 1. The molecule has 2 aromatic rings. The molecule has 3 rings (SSSR count). The highest BCUT2D eigenvalue weighted by molar-refractivity contribution is 5.95. The van der Waals surface area contributed by atoms with Crippen LogP contribution in [0.15, 0.2) is 54.2 Å². The number of carbonyl (C=O) groups is 1. The number of rotatable bonds is 5. The Morgan fingerprint density at radius 2 is 1.65 bits per heavy atom. The zero-order valence-electron chi connectivity index (χ0n) is 15.7. The van der Waals surface area contributed by atoms with Crippen LogP contribution in [0, 0.1) is 0 Å². The minimum Gasteiger partial charge on any atom is -0.339 e. The van der Waals surface area contributed by atoms with E-state index in [1.807, 2.05) is 49.2 Å². The van der Waals surface area contributed by atoms with Crippen LogP contribution < -0.4 is 5.32 Å². The Balaban J connectivity index is 1.97. The predicted octanol–water partition coefficient (Wildman–Crippen LogP) is 3.75. The Hall–Kier alpha value is -2.46. The number of aromatic nitrogens is 1. The average Bonchev–Trinajstić information content (AvgIpc) is 2.71. The van der Waals surface area contributed by atoms with Gasteiger partial charge in [0, 0.05) is 30.4 Å². The number of benzene rings is 1. The van der Waals surface area contributed by atoms with Crippen LogP contribution in [0.25, 0.3) is 5.57 Å². The van der Waals surface area contributed by atoms with E-state index in [2.05, 4.69) is 28.5 Å². The highest BCUT2D eigenvalue weighted by Gasteiger charge is 2.17. The Morgan fingerprint density at radius 1 is 1.00 bits per heavy atom. The summed E-state index contributed by atoms with van der Waals surface area (Å²) in [5.41, 5.74) is 5.54. The van der Waals surface area contributed by atoms with Gasteiger partial charge in [0.25, 0.3) is 5.91 Å². The van der Waals surface area contributed by atoms with E-state index in [4.69, 9.17) is 0 Å². The fourth-order valence-electron chi connectivity index (χ4n) is 3.50. The number of pyridine rings is 1. The summed E-state index contributed by atoms with van der Waals surface area (Å²) in [4.78, 5) is 19.0. The van der Waals surface area contributed by atoms with Crippen LogP contribution in [0.4, 0.5) is 0 Å². The smallest absolute Gasteiger partial charge is 0.253 e. The summed E-state index contributed by atoms with van der Waals surface area (Å²) in [6, 6.07) is 14.1. The third kappa shape index (κ3) is 4.02. The van der Waals surface area contributed by atoms with Gasteiger partial charge in [-0.2, -0.15) is 0 Å². The van der Waals surface area contributed by atoms with Gasteiger partial charge in [0.1, 0.15) is 0 Å². The Bertz CT molecular complexity index is 754. The van der Waals surface area contributed by atoms with Gasteiger partial charge in [0.05, 0.1) is 5.69 Å². The molecule has 1 aliphatic heterocycles. The summed E-state index contributed by atoms with van der Waals surface area (Å²) in [6.45, 7) is 7.49. The molecule has 1 aromatic heterocycles. The van der Waals surface area contributed by atoms with Gasteiger partial charge in [-0.3, -0.25) is 9.78 Å². The highest BCUT2D eigenvalue weighted by Crippen LogP contribution is 2.30. The standard InChI is InChI=1S/C22H27N3O/c1-3-25(4-2)22(26)19-10-8-17(9-11-19)21(18-12-15-23-16-13-18)20-7-5-6-14-24-20/h5-11,14,23H,3-4,12-13,15-16H2,1-2H3. The van der Waals surface area contributed by atoms with Crippen LogP contribution in [-0.4, -0.2) is 42.0 Å². The molecular formula is C22H27N3O. The van der Waals surface area contributed by atoms with Crippen molar-refractivity contribution in [2.75, 3.05) is 26.2 Å². The van der Waals surface area contributed by atoms with E-state index in [-0.39, 0.29) is 5.91 Å². The Morgan fingerprint density at radius 3 is 2.23 bits per heavy atom. The molecule has 26 heavy (non-hydrogen) atoms. The lowest BCUT2D eigenvalue weighted by Crippen LogP contribution is -2.30. The Labute approximate surface area is 155 Å². The van der Waals surface area contributed by atoms with Crippen LogP contribution in [0.1, 0.15) is 48.3 Å². The van der Waals surface area contributed by atoms with Crippen molar-refractivity contribution in [3.63, 3.8) is 0 Å². The lowest BCUT2D eigenvalue weighted by molar-refractivity contribution is 0.0773. The van der Waals surface area contributed by atoms with Crippen LogP contribution in [0.3, 0.4) is 0 Å². The first-order chi connectivity index (χ1) is 12.7. The van der Waals surface area contributed by atoms with E-state index < -0.39 is 0 Å². The molecule has 0 unspecified atom stereocenters. The molecule has 1 aliphatic rings. The largest absolute Gasteiger partial charge is 0.339 e. The SMILES string of the molecule is CCN(CC)C(=O)c1ccc(C(=C2CCNCC2)c2ccccn2)cc1. The third-order valence-corrected chi connectivity index (χ3v) is 4.95. The van der Waals surface area contributed by atoms with Crippen molar-refractivity contribution in [3.8, 4) is 0 Å². The fraction of sp³-hybridized carbons (Fsp3) is 0.364. The Kier molecular flexibility index (Phi) is 6.18. The maximum atomic E-state index is 12.6. The van der Waals surface area contributed by atoms with E-state index in [9.17, 15) is 4.79 Å². The second-order valence-electron chi connectivity index (χ2n) is 6.50. The van der Waals surface area contributed by atoms with E-state index in [1.165, 1.54) is 11.1 Å². The number of carbonyl (C=O) groups excluding carboxylic acids is 1. The van der Waals surface area contributed by atoms with Crippen LogP contribution in [-0.2, 0) is 0 Å². The molecule has 0 radical (unpaired) electrons. The monoisotopic (exact) mass is 349 g/mol. The zero-order chi connectivity index (χ0) is 18.4. The summed E-state index contributed by atoms with van der Waals surface area (Å²) in [5.74, 6) is 0.0930. The van der Waals surface area contributed by atoms with E-state index in [1.54, 1.807) is 0 Å². The molecule has 136 valence electrons. The van der Waals surface area contributed by atoms with Crippen molar-refractivity contribution in [2.45, 2.75) is 26.7 Å². The molecule has 1 N–H and O–H groups in total. The topological polar surface area (TPSA) is 45.2 Å². The maximum absolute atomic E-state index is 12.6. The van der Waals surface area contributed by atoms with Gasteiger partial charge < -0.3 is 10.2 Å². The predicted molar refractivity (Wildman–Crippen MR) is 106 cm³/mol. The lowest BCUT2D eigenvalue weighted by Gasteiger charge is -2.21. The molecule has 4 nitrogen and oxygen atoms in total. The fourth-order valence-corrected chi connectivity index (χ4v) is 3.50. The molecule has 0 saturated carbocycles. The molecule has 4 heteroatoms. The van der Waals surface area contributed by atoms with Gasteiger partial charge in [-0.25, -0.2) is 0 Å². The summed E-state index contributed by atoms with van der Waals surface area (Å²) < 4.78 is 0. The van der Waals surface area contributed by atoms with Gasteiger partial charge in [-0.05, 0) is 69.6 Å². The number of piperidine rings is 1. The molecule has 1 saturated heterocycles. The molecule has 0 bridgehead atoms.